The van der Waals surface area contributed by atoms with Crippen LogP contribution in [0.3, 0.4) is 0 Å². The van der Waals surface area contributed by atoms with Crippen LogP contribution < -0.4 is 16.0 Å². The summed E-state index contributed by atoms with van der Waals surface area (Å²) in [6.07, 6.45) is 0. The lowest BCUT2D eigenvalue weighted by Crippen LogP contribution is -2.08. The summed E-state index contributed by atoms with van der Waals surface area (Å²) in [6.45, 7) is 1.62. The molecule has 1 heterocycles. The minimum atomic E-state index is -0.451. The molecule has 19 heavy (non-hydrogen) atoms. The molecule has 2 aromatic rings. The van der Waals surface area contributed by atoms with E-state index in [2.05, 4.69) is 10.4 Å². The van der Waals surface area contributed by atoms with Gasteiger partial charge in [-0.2, -0.15) is 4.98 Å². The zero-order valence-electron chi connectivity index (χ0n) is 10.2. The lowest BCUT2D eigenvalue weighted by molar-refractivity contribution is -0.385. The monoisotopic (exact) mass is 260 g/mol. The molecule has 0 spiro atoms. The molecule has 7 nitrogen and oxygen atoms in total. The second kappa shape index (κ2) is 5.32. The second-order valence-electron chi connectivity index (χ2n) is 3.76. The number of ether oxygens (including phenoxy) is 1. The van der Waals surface area contributed by atoms with Gasteiger partial charge in [-0.1, -0.05) is 12.1 Å². The van der Waals surface area contributed by atoms with Crippen molar-refractivity contribution in [1.82, 2.24) is 4.98 Å². The smallest absolute Gasteiger partial charge is 0.276 e. The molecule has 0 aliphatic carbocycles. The Labute approximate surface area is 109 Å². The number of hydrogen-bond acceptors (Lipinski definition) is 6. The highest BCUT2D eigenvalue weighted by molar-refractivity contribution is 5.49. The van der Waals surface area contributed by atoms with Crippen LogP contribution in [0, 0.1) is 17.0 Å². The summed E-state index contributed by atoms with van der Waals surface area (Å²) in [4.78, 5) is 14.5. The van der Waals surface area contributed by atoms with Gasteiger partial charge in [0.2, 0.25) is 5.88 Å². The summed E-state index contributed by atoms with van der Waals surface area (Å²) in [5.41, 5.74) is 2.85. The van der Waals surface area contributed by atoms with Gasteiger partial charge < -0.3 is 10.2 Å². The fourth-order valence-electron chi connectivity index (χ4n) is 1.58. The van der Waals surface area contributed by atoms with Crippen LogP contribution in [0.1, 0.15) is 5.56 Å². The van der Waals surface area contributed by atoms with E-state index in [1.54, 1.807) is 37.3 Å². The van der Waals surface area contributed by atoms with Gasteiger partial charge in [0.15, 0.2) is 0 Å². The first kappa shape index (κ1) is 12.8. The van der Waals surface area contributed by atoms with Crippen LogP contribution in [0.4, 0.5) is 11.5 Å². The maximum atomic E-state index is 10.8. The van der Waals surface area contributed by atoms with Crippen LogP contribution in [0.15, 0.2) is 36.4 Å². The van der Waals surface area contributed by atoms with Crippen molar-refractivity contribution in [2.24, 2.45) is 5.84 Å². The SMILES string of the molecule is Cc1c(Oc2cccc(NN)n2)cccc1[N+](=O)[O-]. The third-order valence-electron chi connectivity index (χ3n) is 2.54. The lowest BCUT2D eigenvalue weighted by Gasteiger charge is -2.08. The number of benzene rings is 1. The molecule has 98 valence electrons. The number of nitrogens with two attached hydrogens (primary N) is 1. The Hall–Kier alpha value is -2.67. The fourth-order valence-corrected chi connectivity index (χ4v) is 1.58. The first-order valence-corrected chi connectivity index (χ1v) is 5.47. The number of rotatable bonds is 4. The molecule has 0 fully saturated rings. The first-order valence-electron chi connectivity index (χ1n) is 5.47. The zero-order chi connectivity index (χ0) is 13.8. The minimum absolute atomic E-state index is 0.00519. The van der Waals surface area contributed by atoms with E-state index in [-0.39, 0.29) is 5.69 Å². The molecule has 0 saturated heterocycles. The quantitative estimate of drug-likeness (QED) is 0.497. The summed E-state index contributed by atoms with van der Waals surface area (Å²) in [6, 6.07) is 9.65. The van der Waals surface area contributed by atoms with E-state index in [1.165, 1.54) is 6.07 Å². The molecule has 7 heteroatoms. The number of nitro benzene ring substituents is 1. The van der Waals surface area contributed by atoms with Crippen molar-refractivity contribution in [2.75, 3.05) is 5.43 Å². The van der Waals surface area contributed by atoms with Crippen LogP contribution in [-0.4, -0.2) is 9.91 Å². The number of nitrogens with one attached hydrogen (secondary N) is 1. The normalized spacial score (nSPS) is 10.0. The van der Waals surface area contributed by atoms with Gasteiger partial charge >= 0.3 is 0 Å². The maximum Gasteiger partial charge on any atom is 0.276 e. The molecule has 0 aliphatic rings. The van der Waals surface area contributed by atoms with E-state index < -0.39 is 4.92 Å². The second-order valence-corrected chi connectivity index (χ2v) is 3.76. The van der Waals surface area contributed by atoms with E-state index in [0.29, 0.717) is 23.0 Å². The zero-order valence-corrected chi connectivity index (χ0v) is 10.2. The van der Waals surface area contributed by atoms with Gasteiger partial charge in [-0.25, -0.2) is 5.84 Å². The van der Waals surface area contributed by atoms with Gasteiger partial charge in [-0.3, -0.25) is 10.1 Å². The van der Waals surface area contributed by atoms with E-state index >= 15 is 0 Å². The van der Waals surface area contributed by atoms with Crippen molar-refractivity contribution >= 4 is 11.5 Å². The molecular weight excluding hydrogens is 248 g/mol. The number of hydrogen-bond donors (Lipinski definition) is 2. The Bertz CT molecular complexity index is 616. The predicted octanol–water partition coefficient (Wildman–Crippen LogP) is 2.38. The Morgan fingerprint density at radius 2 is 2.05 bits per heavy atom. The van der Waals surface area contributed by atoms with Crippen molar-refractivity contribution in [1.29, 1.82) is 0 Å². The van der Waals surface area contributed by atoms with Gasteiger partial charge in [-0.15, -0.1) is 0 Å². The Balaban J connectivity index is 2.33. The summed E-state index contributed by atoms with van der Waals surface area (Å²) in [7, 11) is 0. The highest BCUT2D eigenvalue weighted by Crippen LogP contribution is 2.30. The molecule has 0 unspecified atom stereocenters. The lowest BCUT2D eigenvalue weighted by atomic mass is 10.2. The van der Waals surface area contributed by atoms with E-state index in [9.17, 15) is 10.1 Å². The third-order valence-corrected chi connectivity index (χ3v) is 2.54. The molecule has 0 radical (unpaired) electrons. The van der Waals surface area contributed by atoms with Gasteiger partial charge in [0.25, 0.3) is 5.69 Å². The summed E-state index contributed by atoms with van der Waals surface area (Å²) < 4.78 is 5.53. The standard InChI is InChI=1S/C12H12N4O3/c1-8-9(16(17)18)4-2-5-10(8)19-12-7-3-6-11(14-12)15-13/h2-7H,13H2,1H3,(H,14,15). The van der Waals surface area contributed by atoms with E-state index in [1.807, 2.05) is 0 Å². The fraction of sp³-hybridized carbons (Fsp3) is 0.0833. The molecule has 2 rings (SSSR count). The summed E-state index contributed by atoms with van der Waals surface area (Å²) >= 11 is 0. The van der Waals surface area contributed by atoms with Crippen molar-refractivity contribution in [2.45, 2.75) is 6.92 Å². The van der Waals surface area contributed by atoms with E-state index in [0.717, 1.165) is 0 Å². The summed E-state index contributed by atoms with van der Waals surface area (Å²) in [5, 5.41) is 10.8. The average molecular weight is 260 g/mol. The maximum absolute atomic E-state index is 10.8. The molecule has 1 aromatic heterocycles. The van der Waals surface area contributed by atoms with E-state index in [4.69, 9.17) is 10.6 Å². The molecule has 0 aliphatic heterocycles. The number of nitrogen functional groups attached to an aromatic ring is 1. The van der Waals surface area contributed by atoms with Crippen molar-refractivity contribution in [3.8, 4) is 11.6 Å². The van der Waals surface area contributed by atoms with Crippen LogP contribution in [0.5, 0.6) is 11.6 Å². The Kier molecular flexibility index (Phi) is 3.58. The number of hydrazine groups is 1. The Morgan fingerprint density at radius 1 is 1.32 bits per heavy atom. The summed E-state index contributed by atoms with van der Waals surface area (Å²) in [5.74, 6) is 6.38. The molecule has 0 saturated carbocycles. The molecular formula is C12H12N4O3. The number of nitro groups is 1. The van der Waals surface area contributed by atoms with Crippen LogP contribution in [0.2, 0.25) is 0 Å². The van der Waals surface area contributed by atoms with Gasteiger partial charge in [-0.05, 0) is 19.1 Å². The Morgan fingerprint density at radius 3 is 2.74 bits per heavy atom. The molecule has 3 N–H and O–H groups in total. The van der Waals surface area contributed by atoms with Crippen LogP contribution >= 0.6 is 0 Å². The van der Waals surface area contributed by atoms with Crippen LogP contribution in [-0.2, 0) is 0 Å². The third kappa shape index (κ3) is 2.78. The van der Waals surface area contributed by atoms with Gasteiger partial charge in [0.05, 0.1) is 10.5 Å². The number of anilines is 1. The highest BCUT2D eigenvalue weighted by atomic mass is 16.6. The highest BCUT2D eigenvalue weighted by Gasteiger charge is 2.14. The number of nitrogens with zero attached hydrogens (tertiary/aromatic N) is 2. The average Bonchev–Trinajstić information content (AvgIpc) is 2.41. The van der Waals surface area contributed by atoms with Crippen molar-refractivity contribution in [3.63, 3.8) is 0 Å². The largest absolute Gasteiger partial charge is 0.438 e. The molecule has 0 amide bonds. The minimum Gasteiger partial charge on any atom is -0.438 e. The van der Waals surface area contributed by atoms with Crippen LogP contribution in [0.25, 0.3) is 0 Å². The molecule has 0 atom stereocenters. The van der Waals surface area contributed by atoms with Gasteiger partial charge in [0, 0.05) is 12.1 Å². The number of aromatic nitrogens is 1. The first-order chi connectivity index (χ1) is 9.11. The molecule has 1 aromatic carbocycles. The predicted molar refractivity (Wildman–Crippen MR) is 70.0 cm³/mol. The number of pyridine rings is 1. The van der Waals surface area contributed by atoms with Crippen molar-refractivity contribution < 1.29 is 9.66 Å². The van der Waals surface area contributed by atoms with Gasteiger partial charge in [0.1, 0.15) is 11.6 Å². The molecule has 0 bridgehead atoms. The van der Waals surface area contributed by atoms with Crippen molar-refractivity contribution in [3.05, 3.63) is 52.1 Å². The topological polar surface area (TPSA) is 103 Å².